The lowest BCUT2D eigenvalue weighted by atomic mass is 10.0. The topological polar surface area (TPSA) is 35.6 Å². The van der Waals surface area contributed by atoms with E-state index >= 15 is 0 Å². The molecule has 2 aliphatic heterocycles. The molecule has 1 fully saturated rings. The average molecular weight is 364 g/mol. The number of hydrogen-bond acceptors (Lipinski definition) is 3. The lowest BCUT2D eigenvalue weighted by Crippen LogP contribution is -2.47. The van der Waals surface area contributed by atoms with Crippen LogP contribution in [0.1, 0.15) is 30.4 Å². The summed E-state index contributed by atoms with van der Waals surface area (Å²) in [6.07, 6.45) is 4.35. The van der Waals surface area contributed by atoms with Crippen LogP contribution in [0.4, 0.5) is 5.69 Å². The van der Waals surface area contributed by atoms with Crippen molar-refractivity contribution in [1.29, 1.82) is 0 Å². The van der Waals surface area contributed by atoms with Gasteiger partial charge in [0.05, 0.1) is 6.54 Å². The SMILES string of the molecule is O=C(CNC1CCN(Cc2ccccc2)CC1)N1CCCc2ccccc21. The Bertz CT molecular complexity index is 753. The number of aryl methyl sites for hydroxylation is 1. The molecule has 1 saturated heterocycles. The standard InChI is InChI=1S/C23H29N3O/c27-23(26-14-6-10-20-9-4-5-11-22(20)26)17-24-21-12-15-25(16-13-21)18-19-7-2-1-3-8-19/h1-5,7-9,11,21,24H,6,10,12-18H2. The molecule has 0 unspecified atom stereocenters. The fraction of sp³-hybridized carbons (Fsp3) is 0.435. The maximum atomic E-state index is 12.8. The molecule has 1 amide bonds. The maximum absolute atomic E-state index is 12.8. The van der Waals surface area contributed by atoms with Crippen molar-refractivity contribution in [3.05, 3.63) is 65.7 Å². The lowest BCUT2D eigenvalue weighted by molar-refractivity contribution is -0.118. The van der Waals surface area contributed by atoms with E-state index in [9.17, 15) is 4.79 Å². The normalized spacial score (nSPS) is 18.3. The van der Waals surface area contributed by atoms with E-state index in [0.717, 1.165) is 57.5 Å². The minimum Gasteiger partial charge on any atom is -0.311 e. The van der Waals surface area contributed by atoms with Crippen molar-refractivity contribution in [1.82, 2.24) is 10.2 Å². The van der Waals surface area contributed by atoms with E-state index < -0.39 is 0 Å². The third kappa shape index (κ3) is 4.57. The zero-order valence-corrected chi connectivity index (χ0v) is 15.9. The summed E-state index contributed by atoms with van der Waals surface area (Å²) in [5.41, 5.74) is 3.78. The van der Waals surface area contributed by atoms with E-state index in [0.29, 0.717) is 12.6 Å². The zero-order valence-electron chi connectivity index (χ0n) is 15.9. The van der Waals surface area contributed by atoms with Gasteiger partial charge in [0.15, 0.2) is 0 Å². The van der Waals surface area contributed by atoms with E-state index in [1.54, 1.807) is 0 Å². The van der Waals surface area contributed by atoms with Crippen molar-refractivity contribution in [3.8, 4) is 0 Å². The van der Waals surface area contributed by atoms with Crippen molar-refractivity contribution in [2.45, 2.75) is 38.3 Å². The van der Waals surface area contributed by atoms with E-state index in [1.165, 1.54) is 11.1 Å². The van der Waals surface area contributed by atoms with Crippen LogP contribution in [0.5, 0.6) is 0 Å². The number of likely N-dealkylation sites (tertiary alicyclic amines) is 1. The molecule has 2 aliphatic rings. The van der Waals surface area contributed by atoms with E-state index in [4.69, 9.17) is 0 Å². The first-order valence-electron chi connectivity index (χ1n) is 10.2. The van der Waals surface area contributed by atoms with Crippen molar-refractivity contribution < 1.29 is 4.79 Å². The highest BCUT2D eigenvalue weighted by Crippen LogP contribution is 2.26. The smallest absolute Gasteiger partial charge is 0.240 e. The second-order valence-electron chi connectivity index (χ2n) is 7.69. The number of nitrogens with zero attached hydrogens (tertiary/aromatic N) is 2. The van der Waals surface area contributed by atoms with Gasteiger partial charge < -0.3 is 10.2 Å². The molecular weight excluding hydrogens is 334 g/mol. The average Bonchev–Trinajstić information content (AvgIpc) is 2.73. The van der Waals surface area contributed by atoms with Gasteiger partial charge in [-0.25, -0.2) is 0 Å². The number of amides is 1. The van der Waals surface area contributed by atoms with Gasteiger partial charge in [-0.1, -0.05) is 48.5 Å². The molecule has 4 nitrogen and oxygen atoms in total. The van der Waals surface area contributed by atoms with Crippen LogP contribution >= 0.6 is 0 Å². The van der Waals surface area contributed by atoms with Gasteiger partial charge in [-0.05, 0) is 56.0 Å². The van der Waals surface area contributed by atoms with E-state index in [-0.39, 0.29) is 5.91 Å². The van der Waals surface area contributed by atoms with Crippen molar-refractivity contribution in [2.75, 3.05) is 31.1 Å². The Morgan fingerprint density at radius 3 is 2.52 bits per heavy atom. The highest BCUT2D eigenvalue weighted by molar-refractivity contribution is 5.95. The monoisotopic (exact) mass is 363 g/mol. The number of rotatable bonds is 5. The van der Waals surface area contributed by atoms with Crippen LogP contribution in [0.25, 0.3) is 0 Å². The summed E-state index contributed by atoms with van der Waals surface area (Å²) in [5, 5.41) is 3.52. The first-order chi connectivity index (χ1) is 13.3. The molecular formula is C23H29N3O. The molecule has 0 aromatic heterocycles. The minimum absolute atomic E-state index is 0.203. The van der Waals surface area contributed by atoms with Crippen LogP contribution in [0.3, 0.4) is 0 Å². The highest BCUT2D eigenvalue weighted by atomic mass is 16.2. The molecule has 2 aromatic rings. The molecule has 0 spiro atoms. The summed E-state index contributed by atoms with van der Waals surface area (Å²) in [6, 6.07) is 19.4. The zero-order chi connectivity index (χ0) is 18.5. The highest BCUT2D eigenvalue weighted by Gasteiger charge is 2.24. The molecule has 0 aliphatic carbocycles. The minimum atomic E-state index is 0.203. The number of nitrogens with one attached hydrogen (secondary N) is 1. The molecule has 0 atom stereocenters. The predicted octanol–water partition coefficient (Wildman–Crippen LogP) is 3.22. The van der Waals surface area contributed by atoms with Gasteiger partial charge in [0.25, 0.3) is 0 Å². The quantitative estimate of drug-likeness (QED) is 0.886. The Kier molecular flexibility index (Phi) is 5.85. The van der Waals surface area contributed by atoms with Gasteiger partial charge in [0.2, 0.25) is 5.91 Å². The summed E-state index contributed by atoms with van der Waals surface area (Å²) in [4.78, 5) is 17.2. The summed E-state index contributed by atoms with van der Waals surface area (Å²) in [6.45, 7) is 4.49. The van der Waals surface area contributed by atoms with Crippen LogP contribution in [-0.4, -0.2) is 43.0 Å². The van der Waals surface area contributed by atoms with Gasteiger partial charge in [-0.2, -0.15) is 0 Å². The number of piperidine rings is 1. The number of hydrogen-bond donors (Lipinski definition) is 1. The molecule has 2 aromatic carbocycles. The van der Waals surface area contributed by atoms with Gasteiger partial charge >= 0.3 is 0 Å². The molecule has 0 saturated carbocycles. The predicted molar refractivity (Wildman–Crippen MR) is 110 cm³/mol. The molecule has 27 heavy (non-hydrogen) atoms. The van der Waals surface area contributed by atoms with Crippen molar-refractivity contribution in [2.24, 2.45) is 0 Å². The number of fused-ring (bicyclic) bond motifs is 1. The van der Waals surface area contributed by atoms with Gasteiger partial charge in [-0.3, -0.25) is 9.69 Å². The number of carbonyl (C=O) groups is 1. The lowest BCUT2D eigenvalue weighted by Gasteiger charge is -2.33. The molecule has 1 N–H and O–H groups in total. The van der Waals surface area contributed by atoms with E-state index in [2.05, 4.69) is 58.7 Å². The molecule has 4 rings (SSSR count). The summed E-state index contributed by atoms with van der Waals surface area (Å²) in [7, 11) is 0. The van der Waals surface area contributed by atoms with E-state index in [1.807, 2.05) is 11.0 Å². The third-order valence-corrected chi connectivity index (χ3v) is 5.79. The number of carbonyl (C=O) groups excluding carboxylic acids is 1. The van der Waals surface area contributed by atoms with Gasteiger partial charge in [0.1, 0.15) is 0 Å². The van der Waals surface area contributed by atoms with Crippen LogP contribution in [0.2, 0.25) is 0 Å². The van der Waals surface area contributed by atoms with Gasteiger partial charge in [-0.15, -0.1) is 0 Å². The Morgan fingerprint density at radius 1 is 0.963 bits per heavy atom. The third-order valence-electron chi connectivity index (χ3n) is 5.79. The molecule has 0 bridgehead atoms. The Morgan fingerprint density at radius 2 is 1.70 bits per heavy atom. The largest absolute Gasteiger partial charge is 0.311 e. The van der Waals surface area contributed by atoms with Crippen LogP contribution in [0.15, 0.2) is 54.6 Å². The second-order valence-corrected chi connectivity index (χ2v) is 7.69. The Balaban J connectivity index is 1.24. The van der Waals surface area contributed by atoms with Crippen LogP contribution in [-0.2, 0) is 17.8 Å². The molecule has 4 heteroatoms. The first-order valence-corrected chi connectivity index (χ1v) is 10.2. The maximum Gasteiger partial charge on any atom is 0.240 e. The fourth-order valence-electron chi connectivity index (χ4n) is 4.26. The van der Waals surface area contributed by atoms with Crippen molar-refractivity contribution >= 4 is 11.6 Å². The van der Waals surface area contributed by atoms with Crippen molar-refractivity contribution in [3.63, 3.8) is 0 Å². The summed E-state index contributed by atoms with van der Waals surface area (Å²) >= 11 is 0. The molecule has 2 heterocycles. The van der Waals surface area contributed by atoms with Crippen LogP contribution in [0, 0.1) is 0 Å². The number of anilines is 1. The Hall–Kier alpha value is -2.17. The first kappa shape index (κ1) is 18.2. The van der Waals surface area contributed by atoms with Gasteiger partial charge in [0, 0.05) is 24.8 Å². The number of benzene rings is 2. The summed E-state index contributed by atoms with van der Waals surface area (Å²) in [5.74, 6) is 0.203. The fourth-order valence-corrected chi connectivity index (χ4v) is 4.26. The second kappa shape index (κ2) is 8.68. The summed E-state index contributed by atoms with van der Waals surface area (Å²) < 4.78 is 0. The number of para-hydroxylation sites is 1. The molecule has 0 radical (unpaired) electrons. The van der Waals surface area contributed by atoms with Crippen LogP contribution < -0.4 is 10.2 Å². The Labute approximate surface area is 162 Å². The molecule has 142 valence electrons.